The lowest BCUT2D eigenvalue weighted by molar-refractivity contribution is 0.0525. The van der Waals surface area contributed by atoms with Gasteiger partial charge in [0.15, 0.2) is 0 Å². The average molecular weight is 268 g/mol. The Morgan fingerprint density at radius 2 is 2.33 bits per heavy atom. The summed E-state index contributed by atoms with van der Waals surface area (Å²) >= 11 is 3.26. The van der Waals surface area contributed by atoms with Crippen LogP contribution in [-0.2, 0) is 10.1 Å². The summed E-state index contributed by atoms with van der Waals surface area (Å²) in [5.74, 6) is -0.385. The first-order valence-electron chi connectivity index (χ1n) is 4.49. The van der Waals surface area contributed by atoms with E-state index in [1.165, 1.54) is 0 Å². The molecule has 0 radical (unpaired) electrons. The van der Waals surface area contributed by atoms with Gasteiger partial charge in [-0.15, -0.1) is 0 Å². The Hall–Kier alpha value is -1.34. The standard InChI is InChI=1S/C11H10BrNO2/c1-2-15-11(14)9-5-3-4-8(7-13)10(9)6-12/h3-5H,2,6H2,1H3. The highest BCUT2D eigenvalue weighted by atomic mass is 79.9. The van der Waals surface area contributed by atoms with Gasteiger partial charge in [-0.25, -0.2) is 4.79 Å². The molecular weight excluding hydrogens is 258 g/mol. The Balaban J connectivity index is 3.18. The van der Waals surface area contributed by atoms with Crippen molar-refractivity contribution in [1.82, 2.24) is 0 Å². The van der Waals surface area contributed by atoms with Crippen molar-refractivity contribution in [3.8, 4) is 6.07 Å². The predicted molar refractivity (Wildman–Crippen MR) is 59.7 cm³/mol. The van der Waals surface area contributed by atoms with Crippen molar-refractivity contribution in [2.45, 2.75) is 12.3 Å². The number of hydrogen-bond donors (Lipinski definition) is 0. The monoisotopic (exact) mass is 267 g/mol. The summed E-state index contributed by atoms with van der Waals surface area (Å²) in [4.78, 5) is 11.5. The predicted octanol–water partition coefficient (Wildman–Crippen LogP) is 2.63. The molecule has 0 spiro atoms. The maximum atomic E-state index is 11.5. The van der Waals surface area contributed by atoms with Crippen molar-refractivity contribution in [3.05, 3.63) is 34.9 Å². The Kier molecular flexibility index (Phi) is 4.32. The van der Waals surface area contributed by atoms with E-state index in [9.17, 15) is 4.79 Å². The molecular formula is C11H10BrNO2. The van der Waals surface area contributed by atoms with E-state index in [-0.39, 0.29) is 5.97 Å². The number of halogens is 1. The molecule has 0 atom stereocenters. The number of benzene rings is 1. The van der Waals surface area contributed by atoms with Gasteiger partial charge in [-0.3, -0.25) is 0 Å². The van der Waals surface area contributed by atoms with E-state index in [4.69, 9.17) is 10.00 Å². The van der Waals surface area contributed by atoms with Crippen LogP contribution < -0.4 is 0 Å². The maximum Gasteiger partial charge on any atom is 0.338 e. The molecule has 0 saturated carbocycles. The van der Waals surface area contributed by atoms with Crippen molar-refractivity contribution in [2.24, 2.45) is 0 Å². The molecule has 1 rings (SSSR count). The molecule has 1 aromatic rings. The second-order valence-electron chi connectivity index (χ2n) is 2.80. The van der Waals surface area contributed by atoms with Crippen LogP contribution in [0.4, 0.5) is 0 Å². The first-order valence-corrected chi connectivity index (χ1v) is 5.61. The molecule has 78 valence electrons. The number of nitrogens with zero attached hydrogens (tertiary/aromatic N) is 1. The quantitative estimate of drug-likeness (QED) is 0.625. The number of rotatable bonds is 3. The van der Waals surface area contributed by atoms with Crippen LogP contribution in [0.2, 0.25) is 0 Å². The minimum atomic E-state index is -0.385. The Labute approximate surface area is 96.8 Å². The van der Waals surface area contributed by atoms with Gasteiger partial charge in [-0.1, -0.05) is 22.0 Å². The van der Waals surface area contributed by atoms with Gasteiger partial charge >= 0.3 is 5.97 Å². The zero-order valence-electron chi connectivity index (χ0n) is 8.29. The number of nitriles is 1. The van der Waals surface area contributed by atoms with Gasteiger partial charge in [0.05, 0.1) is 23.8 Å². The Bertz CT molecular complexity index is 410. The number of carbonyl (C=O) groups is 1. The molecule has 0 bridgehead atoms. The lowest BCUT2D eigenvalue weighted by Gasteiger charge is -2.07. The number of ether oxygens (including phenoxy) is 1. The number of carbonyl (C=O) groups excluding carboxylic acids is 1. The highest BCUT2D eigenvalue weighted by Crippen LogP contribution is 2.18. The molecule has 4 heteroatoms. The van der Waals surface area contributed by atoms with E-state index in [1.807, 2.05) is 6.07 Å². The molecule has 0 aromatic heterocycles. The third kappa shape index (κ3) is 2.57. The highest BCUT2D eigenvalue weighted by Gasteiger charge is 2.14. The summed E-state index contributed by atoms with van der Waals surface area (Å²) < 4.78 is 4.90. The fraction of sp³-hybridized carbons (Fsp3) is 0.273. The molecule has 0 saturated heterocycles. The second kappa shape index (κ2) is 5.52. The highest BCUT2D eigenvalue weighted by molar-refractivity contribution is 9.08. The number of hydrogen-bond acceptors (Lipinski definition) is 3. The van der Waals surface area contributed by atoms with Gasteiger partial charge in [0.2, 0.25) is 0 Å². The minimum Gasteiger partial charge on any atom is -0.462 e. The van der Waals surface area contributed by atoms with Crippen LogP contribution in [0, 0.1) is 11.3 Å². The molecule has 0 unspecified atom stereocenters. The third-order valence-electron chi connectivity index (χ3n) is 1.93. The van der Waals surface area contributed by atoms with E-state index in [0.29, 0.717) is 28.6 Å². The van der Waals surface area contributed by atoms with Crippen LogP contribution in [0.15, 0.2) is 18.2 Å². The molecule has 15 heavy (non-hydrogen) atoms. The van der Waals surface area contributed by atoms with Crippen molar-refractivity contribution >= 4 is 21.9 Å². The van der Waals surface area contributed by atoms with E-state index in [0.717, 1.165) is 0 Å². The molecule has 1 aromatic carbocycles. The normalized spacial score (nSPS) is 9.40. The van der Waals surface area contributed by atoms with E-state index >= 15 is 0 Å². The fourth-order valence-electron chi connectivity index (χ4n) is 1.24. The maximum absolute atomic E-state index is 11.5. The zero-order valence-corrected chi connectivity index (χ0v) is 9.87. The van der Waals surface area contributed by atoms with E-state index in [2.05, 4.69) is 15.9 Å². The fourth-order valence-corrected chi connectivity index (χ4v) is 1.84. The van der Waals surface area contributed by atoms with E-state index < -0.39 is 0 Å². The van der Waals surface area contributed by atoms with Gasteiger partial charge in [-0.05, 0) is 24.6 Å². The molecule has 0 aliphatic heterocycles. The van der Waals surface area contributed by atoms with Crippen LogP contribution in [0.5, 0.6) is 0 Å². The molecule has 3 nitrogen and oxygen atoms in total. The van der Waals surface area contributed by atoms with E-state index in [1.54, 1.807) is 25.1 Å². The van der Waals surface area contributed by atoms with Crippen molar-refractivity contribution in [2.75, 3.05) is 6.61 Å². The summed E-state index contributed by atoms with van der Waals surface area (Å²) in [5.41, 5.74) is 1.63. The molecule has 0 amide bonds. The van der Waals surface area contributed by atoms with Crippen LogP contribution >= 0.6 is 15.9 Å². The minimum absolute atomic E-state index is 0.331. The lowest BCUT2D eigenvalue weighted by atomic mass is 10.0. The molecule has 0 aliphatic carbocycles. The summed E-state index contributed by atoms with van der Waals surface area (Å²) in [7, 11) is 0. The van der Waals surface area contributed by atoms with Gasteiger partial charge < -0.3 is 4.74 Å². The summed E-state index contributed by atoms with van der Waals surface area (Å²) in [6.45, 7) is 2.08. The largest absolute Gasteiger partial charge is 0.462 e. The lowest BCUT2D eigenvalue weighted by Crippen LogP contribution is -2.08. The number of esters is 1. The molecule has 0 aliphatic rings. The Morgan fingerprint density at radius 1 is 1.60 bits per heavy atom. The Morgan fingerprint density at radius 3 is 2.87 bits per heavy atom. The van der Waals surface area contributed by atoms with Gasteiger partial charge in [0.1, 0.15) is 0 Å². The number of alkyl halides is 1. The van der Waals surface area contributed by atoms with Gasteiger partial charge in [0.25, 0.3) is 0 Å². The SMILES string of the molecule is CCOC(=O)c1cccc(C#N)c1CBr. The van der Waals surface area contributed by atoms with Crippen molar-refractivity contribution in [3.63, 3.8) is 0 Å². The molecule has 0 heterocycles. The van der Waals surface area contributed by atoms with Gasteiger partial charge in [-0.2, -0.15) is 5.26 Å². The van der Waals surface area contributed by atoms with Crippen molar-refractivity contribution < 1.29 is 9.53 Å². The van der Waals surface area contributed by atoms with Crippen LogP contribution in [0.25, 0.3) is 0 Å². The molecule has 0 N–H and O–H groups in total. The van der Waals surface area contributed by atoms with Crippen molar-refractivity contribution in [1.29, 1.82) is 5.26 Å². The van der Waals surface area contributed by atoms with Crippen LogP contribution in [-0.4, -0.2) is 12.6 Å². The topological polar surface area (TPSA) is 50.1 Å². The summed E-state index contributed by atoms with van der Waals surface area (Å²) in [6, 6.07) is 7.07. The zero-order chi connectivity index (χ0) is 11.3. The third-order valence-corrected chi connectivity index (χ3v) is 2.49. The summed E-state index contributed by atoms with van der Waals surface area (Å²) in [5, 5.41) is 9.33. The average Bonchev–Trinajstić information content (AvgIpc) is 2.28. The first-order chi connectivity index (χ1) is 7.24. The van der Waals surface area contributed by atoms with Crippen LogP contribution in [0.1, 0.15) is 28.4 Å². The first kappa shape index (κ1) is 11.7. The second-order valence-corrected chi connectivity index (χ2v) is 3.36. The van der Waals surface area contributed by atoms with Gasteiger partial charge in [0, 0.05) is 5.33 Å². The van der Waals surface area contributed by atoms with Crippen LogP contribution in [0.3, 0.4) is 0 Å². The molecule has 0 fully saturated rings. The summed E-state index contributed by atoms with van der Waals surface area (Å²) in [6.07, 6.45) is 0. The smallest absolute Gasteiger partial charge is 0.338 e.